The molecule has 0 bridgehead atoms. The van der Waals surface area contributed by atoms with Crippen molar-refractivity contribution in [2.75, 3.05) is 6.54 Å². The van der Waals surface area contributed by atoms with Crippen molar-refractivity contribution in [1.82, 2.24) is 16.0 Å². The number of nitrogens with one attached hydrogen (secondary N) is 3. The molecule has 5 aromatic carbocycles. The highest BCUT2D eigenvalue weighted by Crippen LogP contribution is 2.25. The van der Waals surface area contributed by atoms with Crippen LogP contribution in [0, 0.1) is 0 Å². The van der Waals surface area contributed by atoms with Crippen LogP contribution >= 0.6 is 0 Å². The molecule has 0 aliphatic rings. The quantitative estimate of drug-likeness (QED) is 0.0397. The van der Waals surface area contributed by atoms with E-state index < -0.39 is 47.8 Å². The predicted octanol–water partition coefficient (Wildman–Crippen LogP) is 3.81. The van der Waals surface area contributed by atoms with Crippen LogP contribution < -0.4 is 38.9 Å². The number of primary amides is 1. The summed E-state index contributed by atoms with van der Waals surface area (Å²) in [5, 5.41) is 8.16. The fourth-order valence-electron chi connectivity index (χ4n) is 6.28. The number of rotatable bonds is 18. The first kappa shape index (κ1) is 41.4. The van der Waals surface area contributed by atoms with Crippen molar-refractivity contribution in [3.63, 3.8) is 0 Å². The van der Waals surface area contributed by atoms with Gasteiger partial charge in [0.15, 0.2) is 5.96 Å². The summed E-state index contributed by atoms with van der Waals surface area (Å²) >= 11 is 0. The van der Waals surface area contributed by atoms with Gasteiger partial charge in [0.1, 0.15) is 18.1 Å². The van der Waals surface area contributed by atoms with Crippen LogP contribution in [0.5, 0.6) is 0 Å². The minimum Gasteiger partial charge on any atom is -0.370 e. The molecule has 0 fully saturated rings. The lowest BCUT2D eigenvalue weighted by atomic mass is 9.98. The van der Waals surface area contributed by atoms with Gasteiger partial charge in [-0.25, -0.2) is 0 Å². The van der Waals surface area contributed by atoms with Crippen molar-refractivity contribution < 1.29 is 19.2 Å². The molecule has 0 aliphatic heterocycles. The molecule has 0 aromatic heterocycles. The van der Waals surface area contributed by atoms with Crippen LogP contribution in [0.3, 0.4) is 0 Å². The normalized spacial score (nSPS) is 12.9. The van der Waals surface area contributed by atoms with Crippen molar-refractivity contribution in [3.8, 4) is 33.4 Å². The molecule has 11 N–H and O–H groups in total. The molecule has 5 rings (SSSR count). The molecule has 294 valence electrons. The van der Waals surface area contributed by atoms with Crippen LogP contribution in [0.1, 0.15) is 30.9 Å². The van der Waals surface area contributed by atoms with Crippen LogP contribution in [0.25, 0.3) is 33.4 Å². The van der Waals surface area contributed by atoms with Crippen molar-refractivity contribution in [2.45, 2.75) is 56.8 Å². The Morgan fingerprint density at radius 1 is 0.526 bits per heavy atom. The molecule has 0 radical (unpaired) electrons. The summed E-state index contributed by atoms with van der Waals surface area (Å²) in [6, 6.07) is 39.5. The topological polar surface area (TPSA) is 221 Å². The third kappa shape index (κ3) is 12.4. The zero-order valence-electron chi connectivity index (χ0n) is 31.9. The number of guanidine groups is 1. The molecule has 0 saturated carbocycles. The molecule has 12 nitrogen and oxygen atoms in total. The lowest BCUT2D eigenvalue weighted by Crippen LogP contribution is -2.57. The minimum atomic E-state index is -1.12. The summed E-state index contributed by atoms with van der Waals surface area (Å²) in [6.45, 7) is 1.67. The number of carbonyl (C=O) groups excluding carboxylic acids is 4. The highest BCUT2D eigenvalue weighted by Gasteiger charge is 2.29. The molecule has 0 aliphatic carbocycles. The summed E-state index contributed by atoms with van der Waals surface area (Å²) < 4.78 is 0. The van der Waals surface area contributed by atoms with Crippen LogP contribution in [0.15, 0.2) is 138 Å². The molecular weight excluding hydrogens is 717 g/mol. The average Bonchev–Trinajstić information content (AvgIpc) is 3.22. The van der Waals surface area contributed by atoms with E-state index in [9.17, 15) is 19.2 Å². The number of carbonyl (C=O) groups is 4. The van der Waals surface area contributed by atoms with Gasteiger partial charge in [-0.05, 0) is 70.7 Å². The van der Waals surface area contributed by atoms with Crippen molar-refractivity contribution in [3.05, 3.63) is 145 Å². The second kappa shape index (κ2) is 20.2. The Bertz CT molecular complexity index is 2120. The third-order valence-electron chi connectivity index (χ3n) is 9.57. The second-order valence-corrected chi connectivity index (χ2v) is 13.9. The summed E-state index contributed by atoms with van der Waals surface area (Å²) in [7, 11) is 0. The van der Waals surface area contributed by atoms with Crippen LogP contribution in [0.4, 0.5) is 0 Å². The van der Waals surface area contributed by atoms with Gasteiger partial charge in [0.2, 0.25) is 23.6 Å². The Hall–Kier alpha value is -6.79. The van der Waals surface area contributed by atoms with Gasteiger partial charge < -0.3 is 38.9 Å². The largest absolute Gasteiger partial charge is 0.370 e. The summed E-state index contributed by atoms with van der Waals surface area (Å²) in [6.07, 6.45) is 0.808. The molecule has 57 heavy (non-hydrogen) atoms. The minimum absolute atomic E-state index is 0.0867. The molecule has 4 amide bonds. The van der Waals surface area contributed by atoms with E-state index in [4.69, 9.17) is 22.9 Å². The van der Waals surface area contributed by atoms with E-state index in [0.717, 1.165) is 44.5 Å². The zero-order valence-corrected chi connectivity index (χ0v) is 31.9. The lowest BCUT2D eigenvalue weighted by molar-refractivity contribution is -0.133. The number of aliphatic imine (C=N–C) groups is 1. The summed E-state index contributed by atoms with van der Waals surface area (Å²) in [5.41, 5.74) is 30.7. The van der Waals surface area contributed by atoms with E-state index in [1.807, 2.05) is 109 Å². The smallest absolute Gasteiger partial charge is 0.243 e. The first-order chi connectivity index (χ1) is 27.5. The highest BCUT2D eigenvalue weighted by molar-refractivity contribution is 5.94. The molecule has 12 heteroatoms. The zero-order chi connectivity index (χ0) is 40.7. The summed E-state index contributed by atoms with van der Waals surface area (Å²) in [4.78, 5) is 56.8. The van der Waals surface area contributed by atoms with E-state index in [2.05, 4.69) is 45.2 Å². The van der Waals surface area contributed by atoms with Gasteiger partial charge in [0.25, 0.3) is 0 Å². The maximum absolute atomic E-state index is 13.9. The molecule has 5 aromatic rings. The Balaban J connectivity index is 1.29. The maximum Gasteiger partial charge on any atom is 0.243 e. The monoisotopic (exact) mass is 766 g/mol. The predicted molar refractivity (Wildman–Crippen MR) is 225 cm³/mol. The molecule has 0 unspecified atom stereocenters. The molecular formula is C45H50N8O4. The molecule has 0 heterocycles. The first-order valence-electron chi connectivity index (χ1n) is 18.9. The van der Waals surface area contributed by atoms with Gasteiger partial charge in [0.05, 0.1) is 6.04 Å². The average molecular weight is 767 g/mol. The standard InChI is InChI=1S/C45H50N8O4/c1-29(41(47)54)51-44(57)40(28-31-16-20-35(21-17-31)37-24-22-36(23-25-37)33-11-6-3-7-12-33)53-43(56)39(13-8-26-50-45(48)49)52-42(55)38(46)27-30-14-18-34(19-15-30)32-9-4-2-5-10-32/h2-7,9-12,14-25,29,38-40H,8,13,26-28,46H2,1H3,(H2,47,54)(H,51,57)(H,52,55)(H,53,56)(H4,48,49,50)/t29-,38-,39-,40-/m0/s1. The number of nitrogens with two attached hydrogens (primary N) is 4. The fraction of sp³-hybridized carbons (Fsp3) is 0.222. The van der Waals surface area contributed by atoms with E-state index in [1.54, 1.807) is 0 Å². The summed E-state index contributed by atoms with van der Waals surface area (Å²) in [5.74, 6) is -2.61. The SMILES string of the molecule is C[C@H](NC(=O)[C@H](Cc1ccc(-c2ccc(-c3ccccc3)cc2)cc1)NC(=O)[C@H](CCCN=C(N)N)NC(=O)[C@@H](N)Cc1ccc(-c2ccccc2)cc1)C(N)=O. The second-order valence-electron chi connectivity index (χ2n) is 13.9. The Morgan fingerprint density at radius 3 is 1.39 bits per heavy atom. The van der Waals surface area contributed by atoms with Gasteiger partial charge in [0, 0.05) is 13.0 Å². The van der Waals surface area contributed by atoms with Gasteiger partial charge in [-0.2, -0.15) is 0 Å². The van der Waals surface area contributed by atoms with Gasteiger partial charge in [-0.1, -0.05) is 133 Å². The molecule has 0 spiro atoms. The van der Waals surface area contributed by atoms with E-state index in [-0.39, 0.29) is 31.8 Å². The number of nitrogens with zero attached hydrogens (tertiary/aromatic N) is 1. The Labute approximate surface area is 333 Å². The van der Waals surface area contributed by atoms with Crippen LogP contribution in [-0.2, 0) is 32.0 Å². The third-order valence-corrected chi connectivity index (χ3v) is 9.57. The van der Waals surface area contributed by atoms with Gasteiger partial charge >= 0.3 is 0 Å². The Kier molecular flexibility index (Phi) is 14.7. The number of amides is 4. The number of hydrogen-bond donors (Lipinski definition) is 7. The van der Waals surface area contributed by atoms with Crippen molar-refractivity contribution in [1.29, 1.82) is 0 Å². The first-order valence-corrected chi connectivity index (χ1v) is 18.9. The maximum atomic E-state index is 13.9. The highest BCUT2D eigenvalue weighted by atomic mass is 16.2. The fourth-order valence-corrected chi connectivity index (χ4v) is 6.28. The number of hydrogen-bond acceptors (Lipinski definition) is 6. The van der Waals surface area contributed by atoms with E-state index in [1.165, 1.54) is 6.92 Å². The lowest BCUT2D eigenvalue weighted by Gasteiger charge is -2.25. The van der Waals surface area contributed by atoms with E-state index in [0.29, 0.717) is 6.42 Å². The van der Waals surface area contributed by atoms with Gasteiger partial charge in [-0.15, -0.1) is 0 Å². The molecule has 0 saturated heterocycles. The number of benzene rings is 5. The van der Waals surface area contributed by atoms with Crippen LogP contribution in [0.2, 0.25) is 0 Å². The van der Waals surface area contributed by atoms with Crippen molar-refractivity contribution >= 4 is 29.6 Å². The van der Waals surface area contributed by atoms with Crippen LogP contribution in [-0.4, -0.2) is 60.3 Å². The molecule has 4 atom stereocenters. The van der Waals surface area contributed by atoms with Crippen molar-refractivity contribution in [2.24, 2.45) is 27.9 Å². The van der Waals surface area contributed by atoms with Gasteiger partial charge in [-0.3, -0.25) is 24.2 Å². The van der Waals surface area contributed by atoms with E-state index >= 15 is 0 Å². The Morgan fingerprint density at radius 2 is 0.930 bits per heavy atom.